The van der Waals surface area contributed by atoms with Gasteiger partial charge in [-0.25, -0.2) is 0 Å². The minimum absolute atomic E-state index is 0.853. The van der Waals surface area contributed by atoms with Gasteiger partial charge in [0.1, 0.15) is 0 Å². The smallest absolute Gasteiger partial charge is 0.0826 e. The average Bonchev–Trinajstić information content (AvgIpc) is 3.25. The van der Waals surface area contributed by atoms with Gasteiger partial charge < -0.3 is 4.98 Å². The first kappa shape index (κ1) is 16.6. The lowest BCUT2D eigenvalue weighted by Crippen LogP contribution is -2.42. The molecule has 1 aliphatic rings. The zero-order valence-corrected chi connectivity index (χ0v) is 15.4. The van der Waals surface area contributed by atoms with Crippen LogP contribution in [0.5, 0.6) is 0 Å². The fraction of sp³-hybridized carbons (Fsp3) is 0.300. The molecule has 2 heterocycles. The summed E-state index contributed by atoms with van der Waals surface area (Å²) in [7, 11) is 0. The standard InChI is InChI=1S/C20H23N6/c1-4-5-8-25-23-22-24-26(25)18-6-7-19-17(12-18)13-20(21-19)16-10-14(2)9-15(3)11-16/h6-7,9-12,21H,4-5,8H2,1-3H3,(H,23,24). The molecule has 6 heteroatoms. The number of hydrogen-bond donors (Lipinski definition) is 2. The number of nitrogens with zero attached hydrogens (tertiary/aromatic N) is 4. The molecule has 0 unspecified atom stereocenters. The van der Waals surface area contributed by atoms with Gasteiger partial charge in [0.05, 0.1) is 11.4 Å². The molecule has 3 aromatic rings. The van der Waals surface area contributed by atoms with Crippen LogP contribution in [0.2, 0.25) is 0 Å². The van der Waals surface area contributed by atoms with Gasteiger partial charge >= 0.3 is 0 Å². The number of hydrogen-bond acceptors (Lipinski definition) is 5. The van der Waals surface area contributed by atoms with Gasteiger partial charge in [0.15, 0.2) is 0 Å². The Hall–Kier alpha value is -2.86. The maximum atomic E-state index is 4.18. The van der Waals surface area contributed by atoms with Gasteiger partial charge in [0, 0.05) is 23.5 Å². The predicted octanol–water partition coefficient (Wildman–Crippen LogP) is 4.88. The fourth-order valence-electron chi connectivity index (χ4n) is 3.28. The van der Waals surface area contributed by atoms with E-state index < -0.39 is 0 Å². The van der Waals surface area contributed by atoms with Gasteiger partial charge in [-0.2, -0.15) is 10.7 Å². The zero-order chi connectivity index (χ0) is 18.1. The van der Waals surface area contributed by atoms with E-state index in [0.29, 0.717) is 0 Å². The van der Waals surface area contributed by atoms with Crippen LogP contribution in [0.25, 0.3) is 22.2 Å². The van der Waals surface area contributed by atoms with E-state index in [4.69, 9.17) is 0 Å². The molecule has 0 fully saturated rings. The van der Waals surface area contributed by atoms with E-state index in [1.807, 2.05) is 11.2 Å². The van der Waals surface area contributed by atoms with Crippen molar-refractivity contribution in [2.24, 2.45) is 10.4 Å². The Bertz CT molecular complexity index is 938. The molecule has 26 heavy (non-hydrogen) atoms. The minimum atomic E-state index is 0.853. The molecule has 2 N–H and O–H groups in total. The van der Waals surface area contributed by atoms with Crippen molar-refractivity contribution in [1.82, 2.24) is 15.6 Å². The Morgan fingerprint density at radius 3 is 2.65 bits per heavy atom. The van der Waals surface area contributed by atoms with E-state index in [1.165, 1.54) is 11.1 Å². The number of unbranched alkanes of at least 4 members (excludes halogenated alkanes) is 1. The monoisotopic (exact) mass is 347 g/mol. The number of anilines is 1. The first-order valence-electron chi connectivity index (χ1n) is 9.01. The van der Waals surface area contributed by atoms with Crippen LogP contribution in [0, 0.1) is 19.9 Å². The Morgan fingerprint density at radius 1 is 1.08 bits per heavy atom. The molecule has 1 aromatic heterocycles. The summed E-state index contributed by atoms with van der Waals surface area (Å²) >= 11 is 0. The Kier molecular flexibility index (Phi) is 4.34. The number of aromatic amines is 1. The lowest BCUT2D eigenvalue weighted by Gasteiger charge is -2.23. The molecule has 0 bridgehead atoms. The van der Waals surface area contributed by atoms with Crippen molar-refractivity contribution >= 4 is 16.6 Å². The summed E-state index contributed by atoms with van der Waals surface area (Å²) < 4.78 is 0. The molecule has 0 amide bonds. The quantitative estimate of drug-likeness (QED) is 0.692. The Morgan fingerprint density at radius 2 is 1.88 bits per heavy atom. The second-order valence-electron chi connectivity index (χ2n) is 6.79. The molecule has 2 aromatic carbocycles. The normalized spacial score (nSPS) is 14.3. The molecule has 0 atom stereocenters. The number of nitrogens with one attached hydrogen (secondary N) is 2. The zero-order valence-electron chi connectivity index (χ0n) is 15.4. The number of benzene rings is 2. The van der Waals surface area contributed by atoms with Crippen LogP contribution < -0.4 is 10.7 Å². The van der Waals surface area contributed by atoms with Crippen molar-refractivity contribution in [1.29, 1.82) is 0 Å². The molecule has 4 rings (SSSR count). The van der Waals surface area contributed by atoms with Crippen LogP contribution in [-0.2, 0) is 0 Å². The van der Waals surface area contributed by atoms with E-state index in [2.05, 4.69) is 78.1 Å². The van der Waals surface area contributed by atoms with E-state index in [-0.39, 0.29) is 0 Å². The molecular weight excluding hydrogens is 324 g/mol. The summed E-state index contributed by atoms with van der Waals surface area (Å²) in [4.78, 5) is 3.47. The molecule has 1 aliphatic heterocycles. The second kappa shape index (κ2) is 6.80. The molecule has 0 aliphatic carbocycles. The summed E-state index contributed by atoms with van der Waals surface area (Å²) in [5.41, 5.74) is 9.63. The number of aromatic nitrogens is 1. The van der Waals surface area contributed by atoms with Gasteiger partial charge in [-0.1, -0.05) is 35.7 Å². The van der Waals surface area contributed by atoms with Crippen LogP contribution >= 0.6 is 0 Å². The molecular formula is C20H23N6. The van der Waals surface area contributed by atoms with Crippen molar-refractivity contribution in [3.8, 4) is 11.3 Å². The molecule has 6 nitrogen and oxygen atoms in total. The van der Waals surface area contributed by atoms with Crippen molar-refractivity contribution in [3.05, 3.63) is 53.6 Å². The third-order valence-electron chi connectivity index (χ3n) is 4.51. The number of rotatable bonds is 5. The second-order valence-corrected chi connectivity index (χ2v) is 6.79. The highest BCUT2D eigenvalue weighted by atomic mass is 16.0. The van der Waals surface area contributed by atoms with Gasteiger partial charge in [0.25, 0.3) is 0 Å². The van der Waals surface area contributed by atoms with Crippen LogP contribution in [0.15, 0.2) is 46.8 Å². The van der Waals surface area contributed by atoms with Gasteiger partial charge in [-0.3, -0.25) is 0 Å². The van der Waals surface area contributed by atoms with Gasteiger partial charge in [-0.15, -0.1) is 0 Å². The number of aryl methyl sites for hydroxylation is 2. The third-order valence-corrected chi connectivity index (χ3v) is 4.51. The topological polar surface area (TPSA) is 59.0 Å². The maximum Gasteiger partial charge on any atom is 0.0826 e. The molecule has 0 saturated heterocycles. The van der Waals surface area contributed by atoms with E-state index in [0.717, 1.165) is 47.2 Å². The summed E-state index contributed by atoms with van der Waals surface area (Å²) in [6, 6.07) is 16.2. The predicted molar refractivity (Wildman–Crippen MR) is 104 cm³/mol. The van der Waals surface area contributed by atoms with Crippen LogP contribution in [-0.4, -0.2) is 16.6 Å². The largest absolute Gasteiger partial charge is 0.354 e. The highest BCUT2D eigenvalue weighted by Gasteiger charge is 2.20. The highest BCUT2D eigenvalue weighted by molar-refractivity contribution is 5.87. The van der Waals surface area contributed by atoms with E-state index in [1.54, 1.807) is 5.12 Å². The molecule has 133 valence electrons. The van der Waals surface area contributed by atoms with Gasteiger partial charge in [-0.05, 0) is 66.6 Å². The van der Waals surface area contributed by atoms with Crippen molar-refractivity contribution in [2.45, 2.75) is 33.6 Å². The first-order chi connectivity index (χ1) is 12.6. The molecule has 0 saturated carbocycles. The minimum Gasteiger partial charge on any atom is -0.354 e. The first-order valence-corrected chi connectivity index (χ1v) is 9.01. The number of hydrazine groups is 2. The van der Waals surface area contributed by atoms with Crippen LogP contribution in [0.1, 0.15) is 30.9 Å². The summed E-state index contributed by atoms with van der Waals surface area (Å²) in [6.45, 7) is 7.26. The van der Waals surface area contributed by atoms with Crippen LogP contribution in [0.3, 0.4) is 0 Å². The van der Waals surface area contributed by atoms with E-state index in [9.17, 15) is 0 Å². The highest BCUT2D eigenvalue weighted by Crippen LogP contribution is 2.29. The summed E-state index contributed by atoms with van der Waals surface area (Å²) in [6.07, 6.45) is 2.19. The lowest BCUT2D eigenvalue weighted by atomic mass is 10.1. The number of H-pyrrole nitrogens is 1. The van der Waals surface area contributed by atoms with Crippen molar-refractivity contribution in [2.75, 3.05) is 11.7 Å². The Labute approximate surface area is 153 Å². The van der Waals surface area contributed by atoms with Gasteiger partial charge in [0.2, 0.25) is 0 Å². The summed E-state index contributed by atoms with van der Waals surface area (Å²) in [5, 5.41) is 12.9. The van der Waals surface area contributed by atoms with E-state index >= 15 is 0 Å². The third kappa shape index (κ3) is 3.15. The van der Waals surface area contributed by atoms with Crippen LogP contribution in [0.4, 0.5) is 5.69 Å². The lowest BCUT2D eigenvalue weighted by molar-refractivity contribution is 0.209. The molecule has 1 radical (unpaired) electrons. The van der Waals surface area contributed by atoms with Crippen molar-refractivity contribution in [3.63, 3.8) is 0 Å². The van der Waals surface area contributed by atoms with Crippen molar-refractivity contribution < 1.29 is 0 Å². The fourth-order valence-corrected chi connectivity index (χ4v) is 3.28. The SMILES string of the molecule is CCCCN1NN=NN1c1ccc2[nH]c(-c3cc(C)cc(C)c3)[c]c2c1. The number of fused-ring (bicyclic) bond motifs is 1. The maximum absolute atomic E-state index is 4.18. The summed E-state index contributed by atoms with van der Waals surface area (Å²) in [5.74, 6) is 0. The molecule has 0 spiro atoms. The Balaban J connectivity index is 1.66. The average molecular weight is 347 g/mol.